The maximum absolute atomic E-state index is 13.2. The van der Waals surface area contributed by atoms with Crippen LogP contribution in [-0.2, 0) is 33.1 Å². The fraction of sp³-hybridized carbons (Fsp3) is 0.360. The van der Waals surface area contributed by atoms with Gasteiger partial charge in [0.2, 0.25) is 0 Å². The molecule has 1 N–H and O–H groups in total. The molecule has 5 rings (SSSR count). The van der Waals surface area contributed by atoms with Gasteiger partial charge in [0.25, 0.3) is 5.56 Å². The van der Waals surface area contributed by atoms with Gasteiger partial charge in [-0.15, -0.1) is 0 Å². The Morgan fingerprint density at radius 1 is 1.27 bits per heavy atom. The van der Waals surface area contributed by atoms with Crippen molar-refractivity contribution in [1.29, 1.82) is 0 Å². The number of hydrogen-bond donors (Lipinski definition) is 1. The average Bonchev–Trinajstić information content (AvgIpc) is 3.18. The molecule has 0 aliphatic carbocycles. The molecular formula is C25H25N3O5. The highest BCUT2D eigenvalue weighted by Crippen LogP contribution is 2.38. The summed E-state index contributed by atoms with van der Waals surface area (Å²) in [7, 11) is 0. The monoisotopic (exact) mass is 447 g/mol. The van der Waals surface area contributed by atoms with Gasteiger partial charge in [0.05, 0.1) is 35.2 Å². The minimum absolute atomic E-state index is 0.117. The third-order valence-corrected chi connectivity index (χ3v) is 6.40. The number of esters is 1. The maximum atomic E-state index is 13.2. The Morgan fingerprint density at radius 2 is 2.12 bits per heavy atom. The normalized spacial score (nSPS) is 18.8. The number of aromatic nitrogens is 2. The van der Waals surface area contributed by atoms with E-state index in [9.17, 15) is 14.7 Å². The number of aliphatic hydroxyl groups is 1. The summed E-state index contributed by atoms with van der Waals surface area (Å²) in [5.74, 6) is -0.723. The van der Waals surface area contributed by atoms with Gasteiger partial charge in [-0.3, -0.25) is 4.79 Å². The largest absolute Gasteiger partial charge is 0.458 e. The van der Waals surface area contributed by atoms with Crippen molar-refractivity contribution < 1.29 is 19.5 Å². The molecule has 0 amide bonds. The number of ether oxygens (including phenoxy) is 1. The molecule has 4 heterocycles. The lowest BCUT2D eigenvalue weighted by atomic mass is 9.86. The number of fused-ring (bicyclic) bond motifs is 5. The molecule has 0 unspecified atom stereocenters. The van der Waals surface area contributed by atoms with Gasteiger partial charge in [-0.1, -0.05) is 31.5 Å². The quantitative estimate of drug-likeness (QED) is 0.211. The Balaban J connectivity index is 1.55. The summed E-state index contributed by atoms with van der Waals surface area (Å²) in [6, 6.07) is 9.54. The molecule has 33 heavy (non-hydrogen) atoms. The number of nitrogens with zero attached hydrogens (tertiary/aromatic N) is 3. The Hall–Kier alpha value is -3.52. The van der Waals surface area contributed by atoms with E-state index in [0.717, 1.165) is 34.9 Å². The average molecular weight is 447 g/mol. The van der Waals surface area contributed by atoms with Crippen LogP contribution in [0.4, 0.5) is 0 Å². The highest BCUT2D eigenvalue weighted by molar-refractivity contribution is 5.91. The van der Waals surface area contributed by atoms with Crippen LogP contribution >= 0.6 is 0 Å². The Kier molecular flexibility index (Phi) is 5.25. The van der Waals surface area contributed by atoms with Crippen molar-refractivity contribution in [3.63, 3.8) is 0 Å². The highest BCUT2D eigenvalue weighted by Gasteiger charge is 2.45. The van der Waals surface area contributed by atoms with Gasteiger partial charge >= 0.3 is 5.97 Å². The number of rotatable bonds is 6. The number of oxime groups is 1. The number of pyridine rings is 2. The molecule has 3 aromatic rings. The summed E-state index contributed by atoms with van der Waals surface area (Å²) in [5, 5.41) is 15.9. The number of unbranched alkanes of at least 4 members (excludes halogenated alkanes) is 1. The van der Waals surface area contributed by atoms with E-state index in [1.54, 1.807) is 23.8 Å². The van der Waals surface area contributed by atoms with Gasteiger partial charge in [-0.25, -0.2) is 9.78 Å². The van der Waals surface area contributed by atoms with Gasteiger partial charge in [-0.2, -0.15) is 0 Å². The Labute approximate surface area is 190 Å². The maximum Gasteiger partial charge on any atom is 0.343 e. The predicted molar refractivity (Wildman–Crippen MR) is 123 cm³/mol. The van der Waals surface area contributed by atoms with E-state index in [-0.39, 0.29) is 18.6 Å². The third kappa shape index (κ3) is 3.41. The van der Waals surface area contributed by atoms with Crippen molar-refractivity contribution in [2.75, 3.05) is 6.61 Å². The second kappa shape index (κ2) is 8.12. The molecule has 2 aromatic heterocycles. The van der Waals surface area contributed by atoms with Crippen LogP contribution in [-0.4, -0.2) is 33.4 Å². The van der Waals surface area contributed by atoms with E-state index < -0.39 is 11.6 Å². The summed E-state index contributed by atoms with van der Waals surface area (Å²) < 4.78 is 6.75. The van der Waals surface area contributed by atoms with Crippen LogP contribution < -0.4 is 5.56 Å². The van der Waals surface area contributed by atoms with Gasteiger partial charge < -0.3 is 19.2 Å². The number of hydrogen-bond acceptors (Lipinski definition) is 7. The minimum atomic E-state index is -1.82. The molecule has 0 saturated heterocycles. The first-order valence-corrected chi connectivity index (χ1v) is 11.2. The lowest BCUT2D eigenvalue weighted by Crippen LogP contribution is -2.44. The van der Waals surface area contributed by atoms with Crippen LogP contribution in [0.1, 0.15) is 55.4 Å². The summed E-state index contributed by atoms with van der Waals surface area (Å²) in [4.78, 5) is 35.6. The fourth-order valence-electron chi connectivity index (χ4n) is 4.44. The zero-order valence-electron chi connectivity index (χ0n) is 18.6. The van der Waals surface area contributed by atoms with Crippen LogP contribution in [0.5, 0.6) is 0 Å². The van der Waals surface area contributed by atoms with Gasteiger partial charge in [-0.05, 0) is 42.7 Å². The first-order chi connectivity index (χ1) is 16.0. The van der Waals surface area contributed by atoms with Crippen LogP contribution in [0.15, 0.2) is 40.3 Å². The molecule has 2 aliphatic rings. The van der Waals surface area contributed by atoms with E-state index in [1.165, 1.54) is 0 Å². The molecule has 8 nitrogen and oxygen atoms in total. The molecule has 0 spiro atoms. The van der Waals surface area contributed by atoms with Crippen LogP contribution in [0.3, 0.4) is 0 Å². The van der Waals surface area contributed by atoms with E-state index in [0.29, 0.717) is 35.7 Å². The van der Waals surface area contributed by atoms with E-state index in [2.05, 4.69) is 12.1 Å². The third-order valence-electron chi connectivity index (χ3n) is 6.40. The SMILES string of the molecule is CCCCON=Cc1ccc2nc3c(cc2c1)Cn1c-3cc2c(c1=O)COC(=O)[C@]2(O)CC. The number of benzene rings is 1. The molecular weight excluding hydrogens is 422 g/mol. The molecule has 0 radical (unpaired) electrons. The van der Waals surface area contributed by atoms with Crippen molar-refractivity contribution in [3.8, 4) is 11.4 Å². The van der Waals surface area contributed by atoms with Gasteiger partial charge in [0.15, 0.2) is 5.60 Å². The molecule has 8 heteroatoms. The predicted octanol–water partition coefficient (Wildman–Crippen LogP) is 3.23. The zero-order chi connectivity index (χ0) is 23.2. The van der Waals surface area contributed by atoms with Crippen molar-refractivity contribution in [2.24, 2.45) is 5.16 Å². The second-order valence-electron chi connectivity index (χ2n) is 8.47. The molecule has 2 aliphatic heterocycles. The molecule has 170 valence electrons. The summed E-state index contributed by atoms with van der Waals surface area (Å²) in [6.07, 6.45) is 3.81. The molecule has 0 bridgehead atoms. The molecule has 0 fully saturated rings. The smallest absolute Gasteiger partial charge is 0.343 e. The minimum Gasteiger partial charge on any atom is -0.458 e. The first kappa shape index (κ1) is 21.3. The lowest BCUT2D eigenvalue weighted by Gasteiger charge is -2.31. The van der Waals surface area contributed by atoms with E-state index >= 15 is 0 Å². The summed E-state index contributed by atoms with van der Waals surface area (Å²) in [6.45, 7) is 4.62. The van der Waals surface area contributed by atoms with Gasteiger partial charge in [0, 0.05) is 16.5 Å². The standard InChI is InChI=1S/C25H25N3O5/c1-3-5-8-33-26-12-15-6-7-20-16(9-15)10-17-13-28-21(22(17)27-20)11-19-18(23(28)29)14-32-24(30)25(19,31)4-2/h6-7,9-12,31H,3-5,8,13-14H2,1-2H3/t25-/m0/s1. The molecule has 0 saturated carbocycles. The number of carbonyl (C=O) groups excluding carboxylic acids is 1. The number of carbonyl (C=O) groups is 1. The van der Waals surface area contributed by atoms with E-state index in [4.69, 9.17) is 14.6 Å². The van der Waals surface area contributed by atoms with E-state index in [1.807, 2.05) is 24.3 Å². The van der Waals surface area contributed by atoms with Crippen molar-refractivity contribution in [1.82, 2.24) is 9.55 Å². The number of cyclic esters (lactones) is 1. The second-order valence-corrected chi connectivity index (χ2v) is 8.47. The fourth-order valence-corrected chi connectivity index (χ4v) is 4.44. The zero-order valence-corrected chi connectivity index (χ0v) is 18.6. The first-order valence-electron chi connectivity index (χ1n) is 11.2. The van der Waals surface area contributed by atoms with Crippen molar-refractivity contribution in [2.45, 2.75) is 51.9 Å². The Bertz CT molecular complexity index is 1360. The lowest BCUT2D eigenvalue weighted by molar-refractivity contribution is -0.172. The van der Waals surface area contributed by atoms with Crippen LogP contribution in [0.25, 0.3) is 22.3 Å². The van der Waals surface area contributed by atoms with Crippen LogP contribution in [0.2, 0.25) is 0 Å². The topological polar surface area (TPSA) is 103 Å². The molecule has 1 aromatic carbocycles. The summed E-state index contributed by atoms with van der Waals surface area (Å²) in [5.41, 5.74) is 2.42. The highest BCUT2D eigenvalue weighted by atomic mass is 16.6. The van der Waals surface area contributed by atoms with Crippen molar-refractivity contribution in [3.05, 3.63) is 62.9 Å². The van der Waals surface area contributed by atoms with Gasteiger partial charge in [0.1, 0.15) is 13.2 Å². The van der Waals surface area contributed by atoms with Crippen LogP contribution in [0, 0.1) is 0 Å². The van der Waals surface area contributed by atoms with Crippen molar-refractivity contribution >= 4 is 23.1 Å². The Morgan fingerprint density at radius 3 is 2.91 bits per heavy atom. The summed E-state index contributed by atoms with van der Waals surface area (Å²) >= 11 is 0. The molecule has 1 atom stereocenters.